The number of ether oxygens (including phenoxy) is 1. The standard InChI is InChI=1S/C12H13FN4O3/c1-7-10(6-16(2)15-7)14-9-5-12(20-3)11(17(18)19)4-8(9)13/h4-6,14H,1-3H3. The highest BCUT2D eigenvalue weighted by Crippen LogP contribution is 2.33. The van der Waals surface area contributed by atoms with Gasteiger partial charge in [0.05, 0.1) is 35.2 Å². The van der Waals surface area contributed by atoms with Crippen LogP contribution in [0, 0.1) is 22.9 Å². The van der Waals surface area contributed by atoms with Crippen molar-refractivity contribution >= 4 is 17.1 Å². The van der Waals surface area contributed by atoms with Crippen LogP contribution < -0.4 is 10.1 Å². The Morgan fingerprint density at radius 2 is 2.15 bits per heavy atom. The normalized spacial score (nSPS) is 10.4. The van der Waals surface area contributed by atoms with Crippen LogP contribution in [0.25, 0.3) is 0 Å². The molecule has 1 N–H and O–H groups in total. The van der Waals surface area contributed by atoms with Crippen molar-refractivity contribution in [3.63, 3.8) is 0 Å². The van der Waals surface area contributed by atoms with E-state index in [0.29, 0.717) is 11.4 Å². The molecule has 0 radical (unpaired) electrons. The van der Waals surface area contributed by atoms with Crippen molar-refractivity contribution in [3.8, 4) is 5.75 Å². The molecule has 0 aliphatic heterocycles. The third kappa shape index (κ3) is 2.53. The summed E-state index contributed by atoms with van der Waals surface area (Å²) in [6.07, 6.45) is 1.68. The first-order valence-electron chi connectivity index (χ1n) is 5.71. The number of methoxy groups -OCH3 is 1. The van der Waals surface area contributed by atoms with E-state index in [1.54, 1.807) is 24.9 Å². The minimum atomic E-state index is -0.735. The van der Waals surface area contributed by atoms with E-state index in [-0.39, 0.29) is 11.4 Å². The highest BCUT2D eigenvalue weighted by atomic mass is 19.1. The average molecular weight is 280 g/mol. The van der Waals surface area contributed by atoms with Crippen LogP contribution in [0.2, 0.25) is 0 Å². The molecule has 0 saturated heterocycles. The number of rotatable bonds is 4. The SMILES string of the molecule is COc1cc(Nc2cn(C)nc2C)c(F)cc1[N+](=O)[O-]. The zero-order valence-electron chi connectivity index (χ0n) is 11.2. The molecule has 0 aliphatic carbocycles. The molecule has 8 heteroatoms. The van der Waals surface area contributed by atoms with Crippen LogP contribution in [-0.2, 0) is 7.05 Å². The van der Waals surface area contributed by atoms with Gasteiger partial charge in [0.15, 0.2) is 11.6 Å². The van der Waals surface area contributed by atoms with Gasteiger partial charge >= 0.3 is 5.69 Å². The first kappa shape index (κ1) is 13.8. The molecule has 0 bridgehead atoms. The number of hydrogen-bond donors (Lipinski definition) is 1. The molecule has 7 nitrogen and oxygen atoms in total. The highest BCUT2D eigenvalue weighted by Gasteiger charge is 2.19. The molecule has 2 aromatic rings. The molecule has 106 valence electrons. The largest absolute Gasteiger partial charge is 0.490 e. The summed E-state index contributed by atoms with van der Waals surface area (Å²) in [5, 5.41) is 17.7. The maximum atomic E-state index is 13.9. The highest BCUT2D eigenvalue weighted by molar-refractivity contribution is 5.66. The van der Waals surface area contributed by atoms with Crippen LogP contribution in [0.15, 0.2) is 18.3 Å². The minimum Gasteiger partial charge on any atom is -0.490 e. The van der Waals surface area contributed by atoms with Gasteiger partial charge in [-0.15, -0.1) is 0 Å². The van der Waals surface area contributed by atoms with Crippen LogP contribution in [0.3, 0.4) is 0 Å². The van der Waals surface area contributed by atoms with Gasteiger partial charge in [-0.25, -0.2) is 4.39 Å². The quantitative estimate of drug-likeness (QED) is 0.687. The lowest BCUT2D eigenvalue weighted by Gasteiger charge is -2.09. The molecule has 0 fully saturated rings. The fourth-order valence-electron chi connectivity index (χ4n) is 1.81. The predicted octanol–water partition coefficient (Wildman–Crippen LogP) is 2.53. The Labute approximate surface area is 114 Å². The first-order valence-corrected chi connectivity index (χ1v) is 5.71. The maximum Gasteiger partial charge on any atom is 0.313 e. The van der Waals surface area contributed by atoms with Crippen molar-refractivity contribution in [3.05, 3.63) is 40.0 Å². The van der Waals surface area contributed by atoms with Gasteiger partial charge in [-0.05, 0) is 6.92 Å². The number of aryl methyl sites for hydroxylation is 2. The van der Waals surface area contributed by atoms with Gasteiger partial charge in [0.2, 0.25) is 0 Å². The minimum absolute atomic E-state index is 0.0135. The average Bonchev–Trinajstić information content (AvgIpc) is 2.69. The second-order valence-electron chi connectivity index (χ2n) is 4.19. The number of nitrogens with one attached hydrogen (secondary N) is 1. The summed E-state index contributed by atoms with van der Waals surface area (Å²) in [7, 11) is 3.03. The molecular weight excluding hydrogens is 267 g/mol. The molecule has 0 amide bonds. The fraction of sp³-hybridized carbons (Fsp3) is 0.250. The maximum absolute atomic E-state index is 13.9. The molecule has 1 heterocycles. The molecule has 0 unspecified atom stereocenters. The molecule has 0 aliphatic rings. The number of nitro benzene ring substituents is 1. The zero-order valence-corrected chi connectivity index (χ0v) is 11.2. The van der Waals surface area contributed by atoms with E-state index in [0.717, 1.165) is 6.07 Å². The van der Waals surface area contributed by atoms with Crippen LogP contribution in [0.4, 0.5) is 21.5 Å². The third-order valence-electron chi connectivity index (χ3n) is 2.75. The third-order valence-corrected chi connectivity index (χ3v) is 2.75. The number of aromatic nitrogens is 2. The van der Waals surface area contributed by atoms with Crippen molar-refractivity contribution in [2.24, 2.45) is 7.05 Å². The molecular formula is C12H13FN4O3. The summed E-state index contributed by atoms with van der Waals surface area (Å²) in [4.78, 5) is 10.1. The molecule has 0 atom stereocenters. The van der Waals surface area contributed by atoms with Gasteiger partial charge in [-0.1, -0.05) is 0 Å². The Morgan fingerprint density at radius 3 is 2.65 bits per heavy atom. The number of nitrogens with zero attached hydrogens (tertiary/aromatic N) is 3. The van der Waals surface area contributed by atoms with Crippen LogP contribution in [0.5, 0.6) is 5.75 Å². The first-order chi connectivity index (χ1) is 9.42. The Balaban J connectivity index is 2.42. The zero-order chi connectivity index (χ0) is 14.9. The van der Waals surface area contributed by atoms with Crippen molar-refractivity contribution in [1.82, 2.24) is 9.78 Å². The summed E-state index contributed by atoms with van der Waals surface area (Å²) in [6, 6.07) is 2.08. The Morgan fingerprint density at radius 1 is 1.45 bits per heavy atom. The molecule has 1 aromatic heterocycles. The number of hydrogen-bond acceptors (Lipinski definition) is 5. The van der Waals surface area contributed by atoms with E-state index in [1.807, 2.05) is 0 Å². The van der Waals surface area contributed by atoms with E-state index in [4.69, 9.17) is 4.74 Å². The van der Waals surface area contributed by atoms with E-state index >= 15 is 0 Å². The van der Waals surface area contributed by atoms with Crippen molar-refractivity contribution in [2.45, 2.75) is 6.92 Å². The smallest absolute Gasteiger partial charge is 0.313 e. The Kier molecular flexibility index (Phi) is 3.55. The van der Waals surface area contributed by atoms with Gasteiger partial charge < -0.3 is 10.1 Å². The second kappa shape index (κ2) is 5.16. The van der Waals surface area contributed by atoms with Gasteiger partial charge in [-0.3, -0.25) is 14.8 Å². The van der Waals surface area contributed by atoms with Gasteiger partial charge in [0.25, 0.3) is 0 Å². The fourth-order valence-corrected chi connectivity index (χ4v) is 1.81. The van der Waals surface area contributed by atoms with Crippen molar-refractivity contribution in [1.29, 1.82) is 0 Å². The van der Waals surface area contributed by atoms with Gasteiger partial charge in [0, 0.05) is 19.3 Å². The van der Waals surface area contributed by atoms with E-state index in [9.17, 15) is 14.5 Å². The number of anilines is 2. The van der Waals surface area contributed by atoms with Crippen molar-refractivity contribution < 1.29 is 14.1 Å². The lowest BCUT2D eigenvalue weighted by molar-refractivity contribution is -0.385. The van der Waals surface area contributed by atoms with Crippen LogP contribution in [-0.4, -0.2) is 21.8 Å². The topological polar surface area (TPSA) is 82.2 Å². The molecule has 2 rings (SSSR count). The van der Waals surface area contributed by atoms with E-state index < -0.39 is 16.4 Å². The van der Waals surface area contributed by atoms with Gasteiger partial charge in [0.1, 0.15) is 0 Å². The van der Waals surface area contributed by atoms with E-state index in [2.05, 4.69) is 10.4 Å². The number of nitro groups is 1. The molecule has 0 saturated carbocycles. The van der Waals surface area contributed by atoms with Crippen LogP contribution in [0.1, 0.15) is 5.69 Å². The summed E-state index contributed by atoms with van der Waals surface area (Å²) in [6.45, 7) is 1.77. The number of halogens is 1. The van der Waals surface area contributed by atoms with Gasteiger partial charge in [-0.2, -0.15) is 5.10 Å². The molecule has 0 spiro atoms. The number of benzene rings is 1. The Hall–Kier alpha value is -2.64. The summed E-state index contributed by atoms with van der Waals surface area (Å²) >= 11 is 0. The summed E-state index contributed by atoms with van der Waals surface area (Å²) in [5.74, 6) is -0.749. The van der Waals surface area contributed by atoms with Crippen molar-refractivity contribution in [2.75, 3.05) is 12.4 Å². The second-order valence-corrected chi connectivity index (χ2v) is 4.19. The summed E-state index contributed by atoms with van der Waals surface area (Å²) < 4.78 is 20.4. The van der Waals surface area contributed by atoms with Crippen LogP contribution >= 0.6 is 0 Å². The predicted molar refractivity (Wildman–Crippen MR) is 70.8 cm³/mol. The molecule has 20 heavy (non-hydrogen) atoms. The lowest BCUT2D eigenvalue weighted by atomic mass is 10.2. The molecule has 1 aromatic carbocycles. The summed E-state index contributed by atoms with van der Waals surface area (Å²) in [5.41, 5.74) is 0.966. The van der Waals surface area contributed by atoms with E-state index in [1.165, 1.54) is 13.2 Å². The Bertz CT molecular complexity index is 669. The monoisotopic (exact) mass is 280 g/mol. The lowest BCUT2D eigenvalue weighted by Crippen LogP contribution is -1.99.